The van der Waals surface area contributed by atoms with Gasteiger partial charge in [-0.25, -0.2) is 0 Å². The number of hydrogen-bond donors (Lipinski definition) is 1. The van der Waals surface area contributed by atoms with E-state index < -0.39 is 0 Å². The number of rotatable bonds is 6. The molecule has 0 radical (unpaired) electrons. The van der Waals surface area contributed by atoms with Gasteiger partial charge in [-0.1, -0.05) is 6.07 Å². The number of aryl methyl sites for hydroxylation is 1. The molecule has 0 saturated heterocycles. The lowest BCUT2D eigenvalue weighted by Gasteiger charge is -2.13. The van der Waals surface area contributed by atoms with Crippen molar-refractivity contribution in [1.29, 1.82) is 0 Å². The van der Waals surface area contributed by atoms with Gasteiger partial charge in [0.2, 0.25) is 0 Å². The van der Waals surface area contributed by atoms with E-state index in [0.717, 1.165) is 0 Å². The first kappa shape index (κ1) is 18.3. The number of fused-ring (bicyclic) bond motifs is 1. The fourth-order valence-electron chi connectivity index (χ4n) is 2.70. The number of nitrogens with zero attached hydrogens (tertiary/aromatic N) is 1. The molecule has 0 atom stereocenters. The molecule has 7 nitrogen and oxygen atoms in total. The van der Waals surface area contributed by atoms with Crippen LogP contribution in [0.25, 0.3) is 10.8 Å². The summed E-state index contributed by atoms with van der Waals surface area (Å²) in [5.41, 5.74) is 0.393. The monoisotopic (exact) mass is 368 g/mol. The maximum Gasteiger partial charge on any atom is 0.262 e. The molecule has 0 bridgehead atoms. The van der Waals surface area contributed by atoms with Crippen LogP contribution in [0.4, 0.5) is 5.69 Å². The first-order valence-corrected chi connectivity index (χ1v) is 8.26. The van der Waals surface area contributed by atoms with Gasteiger partial charge in [0.15, 0.2) is 6.61 Å². The Morgan fingerprint density at radius 1 is 1.04 bits per heavy atom. The van der Waals surface area contributed by atoms with Crippen molar-refractivity contribution in [3.05, 3.63) is 59.0 Å². The van der Waals surface area contributed by atoms with Crippen LogP contribution in [-0.2, 0) is 11.8 Å². The van der Waals surface area contributed by atoms with Crippen LogP contribution in [0.5, 0.6) is 17.2 Å². The molecule has 1 heterocycles. The minimum atomic E-state index is -0.348. The number of ether oxygens (including phenoxy) is 3. The summed E-state index contributed by atoms with van der Waals surface area (Å²) >= 11 is 0. The van der Waals surface area contributed by atoms with Crippen LogP contribution in [0, 0.1) is 0 Å². The van der Waals surface area contributed by atoms with E-state index in [2.05, 4.69) is 5.32 Å². The highest BCUT2D eigenvalue weighted by molar-refractivity contribution is 5.94. The van der Waals surface area contributed by atoms with Crippen LogP contribution in [-0.4, -0.2) is 31.3 Å². The van der Waals surface area contributed by atoms with Crippen molar-refractivity contribution in [3.8, 4) is 17.2 Å². The highest BCUT2D eigenvalue weighted by Gasteiger charge is 2.11. The minimum Gasteiger partial charge on any atom is -0.497 e. The molecule has 27 heavy (non-hydrogen) atoms. The van der Waals surface area contributed by atoms with E-state index in [0.29, 0.717) is 33.7 Å². The van der Waals surface area contributed by atoms with E-state index >= 15 is 0 Å². The van der Waals surface area contributed by atoms with E-state index in [1.54, 1.807) is 62.8 Å². The van der Waals surface area contributed by atoms with Crippen molar-refractivity contribution >= 4 is 22.4 Å². The van der Waals surface area contributed by atoms with E-state index in [1.807, 2.05) is 0 Å². The van der Waals surface area contributed by atoms with Crippen LogP contribution in [0.2, 0.25) is 0 Å². The molecule has 0 aliphatic rings. The maximum atomic E-state index is 12.3. The van der Waals surface area contributed by atoms with Gasteiger partial charge in [0, 0.05) is 24.7 Å². The molecule has 0 saturated carbocycles. The first-order chi connectivity index (χ1) is 13.0. The fraction of sp³-hybridized carbons (Fsp3) is 0.200. The molecule has 0 fully saturated rings. The van der Waals surface area contributed by atoms with Crippen LogP contribution >= 0.6 is 0 Å². The van der Waals surface area contributed by atoms with Crippen LogP contribution in [0.1, 0.15) is 0 Å². The number of benzene rings is 2. The smallest absolute Gasteiger partial charge is 0.262 e. The summed E-state index contributed by atoms with van der Waals surface area (Å²) < 4.78 is 17.5. The molecule has 1 aromatic heterocycles. The zero-order chi connectivity index (χ0) is 19.4. The summed E-state index contributed by atoms with van der Waals surface area (Å²) in [6.07, 6.45) is 1.67. The van der Waals surface area contributed by atoms with E-state index in [1.165, 1.54) is 11.7 Å². The molecule has 1 amide bonds. The Kier molecular flexibility index (Phi) is 5.30. The summed E-state index contributed by atoms with van der Waals surface area (Å²) in [6.45, 7) is -0.205. The van der Waals surface area contributed by atoms with Crippen LogP contribution in [0.15, 0.2) is 53.5 Å². The average Bonchev–Trinajstić information content (AvgIpc) is 2.69. The molecule has 140 valence electrons. The van der Waals surface area contributed by atoms with Crippen LogP contribution < -0.4 is 25.1 Å². The Bertz CT molecular complexity index is 1040. The van der Waals surface area contributed by atoms with E-state index in [-0.39, 0.29) is 18.1 Å². The third-order valence-corrected chi connectivity index (χ3v) is 4.12. The Balaban J connectivity index is 1.74. The lowest BCUT2D eigenvalue weighted by atomic mass is 10.1. The third kappa shape index (κ3) is 3.87. The van der Waals surface area contributed by atoms with Gasteiger partial charge in [-0.05, 0) is 30.3 Å². The van der Waals surface area contributed by atoms with Gasteiger partial charge in [-0.2, -0.15) is 0 Å². The molecule has 3 aromatic rings. The quantitative estimate of drug-likeness (QED) is 0.723. The predicted molar refractivity (Wildman–Crippen MR) is 103 cm³/mol. The number of nitrogens with one attached hydrogen (secondary N) is 1. The molecule has 0 unspecified atom stereocenters. The fourth-order valence-corrected chi connectivity index (χ4v) is 2.70. The second-order valence-electron chi connectivity index (χ2n) is 5.85. The number of aromatic nitrogens is 1. The second-order valence-corrected chi connectivity index (χ2v) is 5.85. The summed E-state index contributed by atoms with van der Waals surface area (Å²) in [6, 6.07) is 12.1. The van der Waals surface area contributed by atoms with Crippen molar-refractivity contribution in [2.24, 2.45) is 7.05 Å². The Morgan fingerprint density at radius 2 is 1.85 bits per heavy atom. The van der Waals surface area contributed by atoms with Crippen molar-refractivity contribution in [1.82, 2.24) is 4.57 Å². The number of carbonyl (C=O) groups excluding carboxylic acids is 1. The molecular weight excluding hydrogens is 348 g/mol. The van der Waals surface area contributed by atoms with Gasteiger partial charge < -0.3 is 24.1 Å². The first-order valence-electron chi connectivity index (χ1n) is 8.26. The average molecular weight is 368 g/mol. The van der Waals surface area contributed by atoms with E-state index in [4.69, 9.17) is 14.2 Å². The number of anilines is 1. The van der Waals surface area contributed by atoms with Gasteiger partial charge in [-0.3, -0.25) is 9.59 Å². The molecule has 1 N–H and O–H groups in total. The predicted octanol–water partition coefficient (Wildman–Crippen LogP) is 2.57. The molecular formula is C20H20N2O5. The second kappa shape index (κ2) is 7.82. The standard InChI is InChI=1S/C20H20N2O5/c1-22-10-9-14-15(20(22)24)5-4-6-17(14)27-12-19(23)21-16-8-7-13(25-2)11-18(16)26-3/h4-11H,12H2,1-3H3,(H,21,23). The highest BCUT2D eigenvalue weighted by Crippen LogP contribution is 2.29. The number of methoxy groups -OCH3 is 2. The van der Waals surface area contributed by atoms with Gasteiger partial charge in [0.1, 0.15) is 17.2 Å². The number of amides is 1. The van der Waals surface area contributed by atoms with Gasteiger partial charge >= 0.3 is 0 Å². The lowest BCUT2D eigenvalue weighted by Crippen LogP contribution is -2.21. The number of carbonyl (C=O) groups is 1. The number of hydrogen-bond acceptors (Lipinski definition) is 5. The Labute approximate surface area is 156 Å². The molecule has 7 heteroatoms. The molecule has 2 aromatic carbocycles. The number of pyridine rings is 1. The highest BCUT2D eigenvalue weighted by atomic mass is 16.5. The van der Waals surface area contributed by atoms with Gasteiger partial charge in [0.05, 0.1) is 25.3 Å². The van der Waals surface area contributed by atoms with Crippen LogP contribution in [0.3, 0.4) is 0 Å². The Morgan fingerprint density at radius 3 is 2.59 bits per heavy atom. The third-order valence-electron chi connectivity index (χ3n) is 4.12. The Hall–Kier alpha value is -3.48. The normalized spacial score (nSPS) is 10.5. The van der Waals surface area contributed by atoms with E-state index in [9.17, 15) is 9.59 Å². The van der Waals surface area contributed by atoms with Gasteiger partial charge in [-0.15, -0.1) is 0 Å². The molecule has 0 spiro atoms. The largest absolute Gasteiger partial charge is 0.497 e. The lowest BCUT2D eigenvalue weighted by molar-refractivity contribution is -0.118. The van der Waals surface area contributed by atoms with Gasteiger partial charge in [0.25, 0.3) is 11.5 Å². The topological polar surface area (TPSA) is 78.8 Å². The summed E-state index contributed by atoms with van der Waals surface area (Å²) in [5, 5.41) is 3.94. The van der Waals surface area contributed by atoms with Crippen molar-refractivity contribution in [3.63, 3.8) is 0 Å². The minimum absolute atomic E-state index is 0.120. The maximum absolute atomic E-state index is 12.3. The summed E-state index contributed by atoms with van der Waals surface area (Å²) in [5.74, 6) is 1.23. The molecule has 3 rings (SSSR count). The van der Waals surface area contributed by atoms with Crippen molar-refractivity contribution in [2.75, 3.05) is 26.1 Å². The molecule has 0 aliphatic heterocycles. The summed E-state index contributed by atoms with van der Waals surface area (Å²) in [4.78, 5) is 24.5. The zero-order valence-electron chi connectivity index (χ0n) is 15.3. The molecule has 0 aliphatic carbocycles. The van der Waals surface area contributed by atoms with Crippen molar-refractivity contribution < 1.29 is 19.0 Å². The van der Waals surface area contributed by atoms with Crippen molar-refractivity contribution in [2.45, 2.75) is 0 Å². The SMILES string of the molecule is COc1ccc(NC(=O)COc2cccc3c(=O)n(C)ccc23)c(OC)c1. The summed E-state index contributed by atoms with van der Waals surface area (Å²) in [7, 11) is 4.75. The zero-order valence-corrected chi connectivity index (χ0v) is 15.3.